The SMILES string of the molecule is Cn1nc(-c2ccc(F)cc2)cc1C(=O)N1CCN(c2ccnc(N3CCOCC3)n2)CC1. The number of hydrogen-bond acceptors (Lipinski definition) is 7. The van der Waals surface area contributed by atoms with Crippen molar-refractivity contribution < 1.29 is 13.9 Å². The van der Waals surface area contributed by atoms with Crippen molar-refractivity contribution in [3.63, 3.8) is 0 Å². The van der Waals surface area contributed by atoms with Crippen LogP contribution in [0.4, 0.5) is 16.2 Å². The Labute approximate surface area is 191 Å². The molecule has 0 saturated carbocycles. The van der Waals surface area contributed by atoms with E-state index in [4.69, 9.17) is 9.72 Å². The first-order valence-electron chi connectivity index (χ1n) is 11.1. The number of rotatable bonds is 4. The van der Waals surface area contributed by atoms with Crippen LogP contribution in [-0.4, -0.2) is 83.0 Å². The van der Waals surface area contributed by atoms with E-state index in [1.165, 1.54) is 12.1 Å². The van der Waals surface area contributed by atoms with Gasteiger partial charge in [0.25, 0.3) is 5.91 Å². The molecule has 172 valence electrons. The number of amides is 1. The molecule has 3 aromatic rings. The number of aromatic nitrogens is 4. The first kappa shape index (κ1) is 21.3. The second-order valence-corrected chi connectivity index (χ2v) is 8.14. The molecule has 0 unspecified atom stereocenters. The van der Waals surface area contributed by atoms with Crippen LogP contribution in [0.5, 0.6) is 0 Å². The van der Waals surface area contributed by atoms with Crippen LogP contribution < -0.4 is 9.80 Å². The van der Waals surface area contributed by atoms with Crippen molar-refractivity contribution in [3.8, 4) is 11.3 Å². The average molecular weight is 452 g/mol. The number of aryl methyl sites for hydroxylation is 1. The highest BCUT2D eigenvalue weighted by Gasteiger charge is 2.26. The Morgan fingerprint density at radius 2 is 1.70 bits per heavy atom. The molecule has 4 heterocycles. The zero-order chi connectivity index (χ0) is 22.8. The van der Waals surface area contributed by atoms with Gasteiger partial charge in [-0.1, -0.05) is 0 Å². The van der Waals surface area contributed by atoms with Crippen LogP contribution in [0.25, 0.3) is 11.3 Å². The molecule has 2 aromatic heterocycles. The number of nitrogens with zero attached hydrogens (tertiary/aromatic N) is 7. The largest absolute Gasteiger partial charge is 0.378 e. The summed E-state index contributed by atoms with van der Waals surface area (Å²) in [5, 5.41) is 4.45. The summed E-state index contributed by atoms with van der Waals surface area (Å²) in [6.07, 6.45) is 1.79. The fraction of sp³-hybridized carbons (Fsp3) is 0.391. The topological polar surface area (TPSA) is 79.6 Å². The number of ether oxygens (including phenoxy) is 1. The Morgan fingerprint density at radius 1 is 0.970 bits per heavy atom. The van der Waals surface area contributed by atoms with Crippen molar-refractivity contribution >= 4 is 17.7 Å². The summed E-state index contributed by atoms with van der Waals surface area (Å²) in [5.74, 6) is 1.23. The van der Waals surface area contributed by atoms with Crippen molar-refractivity contribution in [1.29, 1.82) is 0 Å². The lowest BCUT2D eigenvalue weighted by Gasteiger charge is -2.35. The highest BCUT2D eigenvalue weighted by Crippen LogP contribution is 2.22. The molecule has 2 aliphatic heterocycles. The molecule has 10 heteroatoms. The van der Waals surface area contributed by atoms with Gasteiger partial charge in [0.2, 0.25) is 5.95 Å². The Morgan fingerprint density at radius 3 is 2.42 bits per heavy atom. The van der Waals surface area contributed by atoms with Crippen LogP contribution >= 0.6 is 0 Å². The molecule has 0 spiro atoms. The van der Waals surface area contributed by atoms with Crippen LogP contribution in [0.3, 0.4) is 0 Å². The third-order valence-corrected chi connectivity index (χ3v) is 6.05. The zero-order valence-corrected chi connectivity index (χ0v) is 18.5. The number of morpholine rings is 1. The average Bonchev–Trinajstić information content (AvgIpc) is 3.26. The molecule has 1 aromatic carbocycles. The molecule has 5 rings (SSSR count). The third-order valence-electron chi connectivity index (χ3n) is 6.05. The number of benzene rings is 1. The maximum Gasteiger partial charge on any atom is 0.272 e. The third kappa shape index (κ3) is 4.51. The fourth-order valence-electron chi connectivity index (χ4n) is 4.16. The fourth-order valence-corrected chi connectivity index (χ4v) is 4.16. The molecule has 0 radical (unpaired) electrons. The quantitative estimate of drug-likeness (QED) is 0.599. The summed E-state index contributed by atoms with van der Waals surface area (Å²) in [6, 6.07) is 9.79. The van der Waals surface area contributed by atoms with E-state index in [0.717, 1.165) is 30.4 Å². The Bertz CT molecular complexity index is 1120. The highest BCUT2D eigenvalue weighted by atomic mass is 19.1. The van der Waals surface area contributed by atoms with Gasteiger partial charge in [-0.15, -0.1) is 0 Å². The van der Waals surface area contributed by atoms with Gasteiger partial charge in [0.1, 0.15) is 17.3 Å². The first-order valence-corrected chi connectivity index (χ1v) is 11.1. The minimum Gasteiger partial charge on any atom is -0.378 e. The van der Waals surface area contributed by atoms with Gasteiger partial charge in [-0.3, -0.25) is 9.48 Å². The molecule has 2 fully saturated rings. The lowest BCUT2D eigenvalue weighted by Crippen LogP contribution is -2.49. The smallest absolute Gasteiger partial charge is 0.272 e. The molecule has 0 N–H and O–H groups in total. The van der Waals surface area contributed by atoms with Gasteiger partial charge >= 0.3 is 0 Å². The van der Waals surface area contributed by atoms with E-state index in [0.29, 0.717) is 50.8 Å². The molecular formula is C23H26FN7O2. The molecular weight excluding hydrogens is 425 g/mol. The van der Waals surface area contributed by atoms with Gasteiger partial charge in [-0.2, -0.15) is 10.1 Å². The van der Waals surface area contributed by atoms with Crippen LogP contribution in [0.15, 0.2) is 42.6 Å². The van der Waals surface area contributed by atoms with Gasteiger partial charge in [-0.05, 0) is 36.4 Å². The van der Waals surface area contributed by atoms with E-state index in [2.05, 4.69) is 19.9 Å². The van der Waals surface area contributed by atoms with Gasteiger partial charge < -0.3 is 19.4 Å². The predicted octanol–water partition coefficient (Wildman–Crippen LogP) is 1.82. The molecule has 2 aliphatic rings. The number of anilines is 2. The van der Waals surface area contributed by atoms with E-state index in [9.17, 15) is 9.18 Å². The van der Waals surface area contributed by atoms with Crippen molar-refractivity contribution in [2.24, 2.45) is 7.05 Å². The number of halogens is 1. The summed E-state index contributed by atoms with van der Waals surface area (Å²) >= 11 is 0. The van der Waals surface area contributed by atoms with Gasteiger partial charge in [0.05, 0.1) is 18.9 Å². The number of hydrogen-bond donors (Lipinski definition) is 0. The summed E-state index contributed by atoms with van der Waals surface area (Å²) in [4.78, 5) is 28.5. The summed E-state index contributed by atoms with van der Waals surface area (Å²) in [6.45, 7) is 5.50. The summed E-state index contributed by atoms with van der Waals surface area (Å²) in [7, 11) is 1.75. The number of carbonyl (C=O) groups excluding carboxylic acids is 1. The van der Waals surface area contributed by atoms with Crippen molar-refractivity contribution in [2.75, 3.05) is 62.3 Å². The maximum atomic E-state index is 13.2. The standard InChI is InChI=1S/C23H26FN7O2/c1-28-20(16-19(27-28)17-2-4-18(24)5-3-17)22(32)30-10-8-29(9-11-30)21-6-7-25-23(26-21)31-12-14-33-15-13-31/h2-7,16H,8-15H2,1H3. The summed E-state index contributed by atoms with van der Waals surface area (Å²) < 4.78 is 20.2. The van der Waals surface area contributed by atoms with Gasteiger partial charge in [-0.25, -0.2) is 9.37 Å². The van der Waals surface area contributed by atoms with E-state index in [1.54, 1.807) is 36.1 Å². The molecule has 0 atom stereocenters. The minimum atomic E-state index is -0.301. The number of piperazine rings is 1. The lowest BCUT2D eigenvalue weighted by molar-refractivity contribution is 0.0735. The monoisotopic (exact) mass is 451 g/mol. The normalized spacial score (nSPS) is 16.8. The Balaban J connectivity index is 1.24. The van der Waals surface area contributed by atoms with Crippen molar-refractivity contribution in [3.05, 3.63) is 54.1 Å². The highest BCUT2D eigenvalue weighted by molar-refractivity contribution is 5.94. The second-order valence-electron chi connectivity index (χ2n) is 8.14. The lowest BCUT2D eigenvalue weighted by atomic mass is 10.1. The Kier molecular flexibility index (Phi) is 5.91. The minimum absolute atomic E-state index is 0.0605. The zero-order valence-electron chi connectivity index (χ0n) is 18.5. The maximum absolute atomic E-state index is 13.2. The molecule has 0 bridgehead atoms. The van der Waals surface area contributed by atoms with Crippen LogP contribution in [0.2, 0.25) is 0 Å². The van der Waals surface area contributed by atoms with E-state index in [1.807, 2.05) is 11.0 Å². The molecule has 33 heavy (non-hydrogen) atoms. The predicted molar refractivity (Wildman–Crippen MR) is 122 cm³/mol. The summed E-state index contributed by atoms with van der Waals surface area (Å²) in [5.41, 5.74) is 1.94. The molecule has 0 aliphatic carbocycles. The van der Waals surface area contributed by atoms with Crippen molar-refractivity contribution in [2.45, 2.75) is 0 Å². The molecule has 1 amide bonds. The Hall–Kier alpha value is -3.53. The van der Waals surface area contributed by atoms with E-state index < -0.39 is 0 Å². The van der Waals surface area contributed by atoms with Crippen LogP contribution in [0, 0.1) is 5.82 Å². The van der Waals surface area contributed by atoms with E-state index >= 15 is 0 Å². The van der Waals surface area contributed by atoms with Crippen LogP contribution in [0.1, 0.15) is 10.5 Å². The van der Waals surface area contributed by atoms with Crippen molar-refractivity contribution in [1.82, 2.24) is 24.6 Å². The number of carbonyl (C=O) groups is 1. The van der Waals surface area contributed by atoms with E-state index in [-0.39, 0.29) is 11.7 Å². The van der Waals surface area contributed by atoms with Gasteiger partial charge in [0.15, 0.2) is 0 Å². The van der Waals surface area contributed by atoms with Crippen LogP contribution in [-0.2, 0) is 11.8 Å². The molecule has 9 nitrogen and oxygen atoms in total. The first-order chi connectivity index (χ1) is 16.1. The van der Waals surface area contributed by atoms with Gasteiger partial charge in [0, 0.05) is 58.1 Å². The molecule has 2 saturated heterocycles. The second kappa shape index (κ2) is 9.14.